The lowest BCUT2D eigenvalue weighted by Gasteiger charge is -1.99. The Hall–Kier alpha value is -1.55. The van der Waals surface area contributed by atoms with E-state index >= 15 is 0 Å². The van der Waals surface area contributed by atoms with Crippen molar-refractivity contribution in [1.29, 1.82) is 0 Å². The zero-order chi connectivity index (χ0) is 9.26. The van der Waals surface area contributed by atoms with Crippen molar-refractivity contribution in [3.63, 3.8) is 0 Å². The highest BCUT2D eigenvalue weighted by Gasteiger charge is 2.25. The van der Waals surface area contributed by atoms with Crippen LogP contribution in [0, 0.1) is 18.3 Å². The van der Waals surface area contributed by atoms with Crippen molar-refractivity contribution in [2.24, 2.45) is 5.92 Å². The molecule has 2 rings (SSSR count). The van der Waals surface area contributed by atoms with Crippen LogP contribution in [0.1, 0.15) is 11.1 Å². The van der Waals surface area contributed by atoms with Gasteiger partial charge in [-0.1, -0.05) is 24.3 Å². The number of ketones is 1. The van der Waals surface area contributed by atoms with Gasteiger partial charge in [0.05, 0.1) is 0 Å². The molecule has 1 aliphatic carbocycles. The average molecular weight is 170 g/mol. The third-order valence-electron chi connectivity index (χ3n) is 2.56. The predicted molar refractivity (Wildman–Crippen MR) is 51.2 cm³/mol. The monoisotopic (exact) mass is 170 g/mol. The molecule has 0 amide bonds. The largest absolute Gasteiger partial charge is 0.285 e. The van der Waals surface area contributed by atoms with E-state index in [-0.39, 0.29) is 11.7 Å². The summed E-state index contributed by atoms with van der Waals surface area (Å²) >= 11 is 0. The van der Waals surface area contributed by atoms with E-state index in [0.29, 0.717) is 0 Å². The molecule has 1 nitrogen and oxygen atoms in total. The number of Topliss-reactive ketones (excluding diaryl/α,β-unsaturated/α-hetero) is 1. The first-order chi connectivity index (χ1) is 6.31. The molecule has 0 fully saturated rings. The van der Waals surface area contributed by atoms with Crippen LogP contribution < -0.4 is 0 Å². The molecule has 0 N–H and O–H groups in total. The summed E-state index contributed by atoms with van der Waals surface area (Å²) in [5.74, 6) is 2.17. The molecule has 0 spiro atoms. The number of terminal acetylenes is 1. The maximum Gasteiger partial charge on any atom is 0.208 e. The van der Waals surface area contributed by atoms with Crippen molar-refractivity contribution < 1.29 is 4.79 Å². The Kier molecular flexibility index (Phi) is 1.90. The normalized spacial score (nSPS) is 15.0. The molecule has 0 bridgehead atoms. The summed E-state index contributed by atoms with van der Waals surface area (Å²) in [4.78, 5) is 11.2. The molecular formula is C12H10O. The molecule has 0 atom stereocenters. The van der Waals surface area contributed by atoms with Crippen LogP contribution in [0.15, 0.2) is 24.3 Å². The predicted octanol–water partition coefficient (Wildman–Crippen LogP) is 1.60. The molecule has 0 aliphatic heterocycles. The highest BCUT2D eigenvalue weighted by molar-refractivity contribution is 5.97. The first-order valence-electron chi connectivity index (χ1n) is 4.38. The number of rotatable bonds is 1. The van der Waals surface area contributed by atoms with Crippen LogP contribution in [0.4, 0.5) is 0 Å². The Labute approximate surface area is 77.8 Å². The van der Waals surface area contributed by atoms with E-state index in [0.717, 1.165) is 12.8 Å². The van der Waals surface area contributed by atoms with Crippen LogP contribution >= 0.6 is 0 Å². The smallest absolute Gasteiger partial charge is 0.208 e. The van der Waals surface area contributed by atoms with Gasteiger partial charge in [-0.15, -0.1) is 6.42 Å². The maximum absolute atomic E-state index is 11.2. The summed E-state index contributed by atoms with van der Waals surface area (Å²) in [6.07, 6.45) is 6.72. The van der Waals surface area contributed by atoms with E-state index in [9.17, 15) is 4.79 Å². The van der Waals surface area contributed by atoms with Crippen molar-refractivity contribution in [2.45, 2.75) is 12.8 Å². The fourth-order valence-electron chi connectivity index (χ4n) is 1.86. The minimum Gasteiger partial charge on any atom is -0.285 e. The van der Waals surface area contributed by atoms with Crippen molar-refractivity contribution >= 4 is 5.78 Å². The Morgan fingerprint density at radius 3 is 2.31 bits per heavy atom. The molecule has 0 radical (unpaired) electrons. The summed E-state index contributed by atoms with van der Waals surface area (Å²) in [5.41, 5.74) is 2.55. The second kappa shape index (κ2) is 3.06. The molecule has 1 aromatic rings. The standard InChI is InChI=1S/C12H10O/c1-2-12(13)11-7-9-5-3-4-6-10(9)8-11/h1,3-6,11H,7-8H2. The Morgan fingerprint density at radius 2 is 1.85 bits per heavy atom. The van der Waals surface area contributed by atoms with Crippen molar-refractivity contribution in [3.8, 4) is 12.3 Å². The van der Waals surface area contributed by atoms with Crippen LogP contribution in [0.3, 0.4) is 0 Å². The van der Waals surface area contributed by atoms with E-state index in [1.165, 1.54) is 11.1 Å². The minimum absolute atomic E-state index is 0.0300. The number of carbonyl (C=O) groups is 1. The molecule has 13 heavy (non-hydrogen) atoms. The molecule has 64 valence electrons. The quantitative estimate of drug-likeness (QED) is 0.462. The van der Waals surface area contributed by atoms with E-state index in [1.807, 2.05) is 12.1 Å². The summed E-state index contributed by atoms with van der Waals surface area (Å²) in [6, 6.07) is 8.14. The first kappa shape index (κ1) is 8.07. The molecule has 0 saturated heterocycles. The van der Waals surface area contributed by atoms with Crippen LogP contribution in [0.2, 0.25) is 0 Å². The molecule has 0 unspecified atom stereocenters. The zero-order valence-electron chi connectivity index (χ0n) is 7.29. The average Bonchev–Trinajstić information content (AvgIpc) is 2.59. The van der Waals surface area contributed by atoms with Gasteiger partial charge in [-0.05, 0) is 29.9 Å². The van der Waals surface area contributed by atoms with Gasteiger partial charge in [0.2, 0.25) is 5.78 Å². The lowest BCUT2D eigenvalue weighted by atomic mass is 10.0. The summed E-state index contributed by atoms with van der Waals surface area (Å²) < 4.78 is 0. The van der Waals surface area contributed by atoms with Gasteiger partial charge in [-0.2, -0.15) is 0 Å². The second-order valence-corrected chi connectivity index (χ2v) is 3.38. The third kappa shape index (κ3) is 1.36. The Morgan fingerprint density at radius 1 is 1.31 bits per heavy atom. The first-order valence-corrected chi connectivity index (χ1v) is 4.38. The van der Waals surface area contributed by atoms with E-state index in [4.69, 9.17) is 6.42 Å². The van der Waals surface area contributed by atoms with Gasteiger partial charge in [0.1, 0.15) is 0 Å². The third-order valence-corrected chi connectivity index (χ3v) is 2.56. The van der Waals surface area contributed by atoms with Gasteiger partial charge < -0.3 is 0 Å². The number of fused-ring (bicyclic) bond motifs is 1. The van der Waals surface area contributed by atoms with Crippen LogP contribution in [-0.4, -0.2) is 5.78 Å². The fraction of sp³-hybridized carbons (Fsp3) is 0.250. The van der Waals surface area contributed by atoms with Gasteiger partial charge in [0.15, 0.2) is 0 Å². The van der Waals surface area contributed by atoms with Crippen LogP contribution in [-0.2, 0) is 17.6 Å². The highest BCUT2D eigenvalue weighted by atomic mass is 16.1. The van der Waals surface area contributed by atoms with E-state index < -0.39 is 0 Å². The molecule has 1 aromatic carbocycles. The number of benzene rings is 1. The topological polar surface area (TPSA) is 17.1 Å². The minimum atomic E-state index is -0.0591. The molecular weight excluding hydrogens is 160 g/mol. The molecule has 1 aliphatic rings. The van der Waals surface area contributed by atoms with E-state index in [2.05, 4.69) is 18.1 Å². The van der Waals surface area contributed by atoms with Crippen molar-refractivity contribution in [1.82, 2.24) is 0 Å². The SMILES string of the molecule is C#CC(=O)C1Cc2ccccc2C1. The number of carbonyl (C=O) groups excluding carboxylic acids is 1. The van der Waals surface area contributed by atoms with Gasteiger partial charge >= 0.3 is 0 Å². The molecule has 0 heterocycles. The van der Waals surface area contributed by atoms with Gasteiger partial charge in [-0.25, -0.2) is 0 Å². The fourth-order valence-corrected chi connectivity index (χ4v) is 1.86. The Bertz CT molecular complexity index is 359. The maximum atomic E-state index is 11.2. The van der Waals surface area contributed by atoms with Crippen LogP contribution in [0.5, 0.6) is 0 Å². The summed E-state index contributed by atoms with van der Waals surface area (Å²) in [7, 11) is 0. The van der Waals surface area contributed by atoms with Crippen molar-refractivity contribution in [3.05, 3.63) is 35.4 Å². The van der Waals surface area contributed by atoms with E-state index in [1.54, 1.807) is 0 Å². The van der Waals surface area contributed by atoms with Crippen LogP contribution in [0.25, 0.3) is 0 Å². The number of hydrogen-bond acceptors (Lipinski definition) is 1. The van der Waals surface area contributed by atoms with Gasteiger partial charge in [-0.3, -0.25) is 4.79 Å². The number of hydrogen-bond donors (Lipinski definition) is 0. The second-order valence-electron chi connectivity index (χ2n) is 3.38. The highest BCUT2D eigenvalue weighted by Crippen LogP contribution is 2.26. The van der Waals surface area contributed by atoms with Gasteiger partial charge in [0, 0.05) is 5.92 Å². The Balaban J connectivity index is 2.24. The summed E-state index contributed by atoms with van der Waals surface area (Å²) in [5, 5.41) is 0. The molecule has 0 saturated carbocycles. The summed E-state index contributed by atoms with van der Waals surface area (Å²) in [6.45, 7) is 0. The lowest BCUT2D eigenvalue weighted by Crippen LogP contribution is -2.11. The van der Waals surface area contributed by atoms with Crippen molar-refractivity contribution in [2.75, 3.05) is 0 Å². The zero-order valence-corrected chi connectivity index (χ0v) is 7.29. The lowest BCUT2D eigenvalue weighted by molar-refractivity contribution is -0.117. The van der Waals surface area contributed by atoms with Gasteiger partial charge in [0.25, 0.3) is 0 Å². The molecule has 0 aromatic heterocycles. The molecule has 1 heteroatoms.